The molecule has 0 aliphatic rings. The van der Waals surface area contributed by atoms with E-state index in [4.69, 9.17) is 4.74 Å². The molecule has 0 N–H and O–H groups in total. The van der Waals surface area contributed by atoms with E-state index in [2.05, 4.69) is 4.74 Å². The molecule has 0 aliphatic carbocycles. The third-order valence-electron chi connectivity index (χ3n) is 3.21. The van der Waals surface area contributed by atoms with Crippen molar-refractivity contribution >= 4 is 11.9 Å². The smallest absolute Gasteiger partial charge is 0.307 e. The van der Waals surface area contributed by atoms with Crippen LogP contribution in [-0.2, 0) is 14.3 Å². The summed E-state index contributed by atoms with van der Waals surface area (Å²) in [5, 5.41) is 0. The largest absolute Gasteiger partial charge is 0.494 e. The molecule has 122 valence electrons. The standard InChI is InChI=1S/C17H25NO4/c1-3-12-18(13-11-17(20)21-2)16(19)10-7-14-22-15-8-5-4-6-9-15/h4-6,8-9H,3,7,10-14H2,1-2H3. The van der Waals surface area contributed by atoms with Crippen LogP contribution >= 0.6 is 0 Å². The van der Waals surface area contributed by atoms with Crippen molar-refractivity contribution in [1.29, 1.82) is 0 Å². The molecule has 0 aromatic heterocycles. The lowest BCUT2D eigenvalue weighted by Crippen LogP contribution is -2.34. The van der Waals surface area contributed by atoms with Crippen LogP contribution in [0.15, 0.2) is 30.3 Å². The molecular weight excluding hydrogens is 282 g/mol. The SMILES string of the molecule is CCCN(CCC(=O)OC)C(=O)CCCOc1ccccc1. The Morgan fingerprint density at radius 1 is 1.09 bits per heavy atom. The normalized spacial score (nSPS) is 10.1. The molecule has 0 spiro atoms. The van der Waals surface area contributed by atoms with E-state index >= 15 is 0 Å². The molecule has 0 aliphatic heterocycles. The molecule has 0 bridgehead atoms. The van der Waals surface area contributed by atoms with Gasteiger partial charge in [-0.1, -0.05) is 25.1 Å². The summed E-state index contributed by atoms with van der Waals surface area (Å²) in [6.45, 7) is 3.60. The maximum atomic E-state index is 12.2. The Morgan fingerprint density at radius 2 is 1.82 bits per heavy atom. The topological polar surface area (TPSA) is 55.8 Å². The fourth-order valence-corrected chi connectivity index (χ4v) is 2.05. The van der Waals surface area contributed by atoms with Crippen LogP contribution in [0.3, 0.4) is 0 Å². The van der Waals surface area contributed by atoms with Gasteiger partial charge in [-0.2, -0.15) is 0 Å². The van der Waals surface area contributed by atoms with Crippen LogP contribution in [0.5, 0.6) is 5.75 Å². The van der Waals surface area contributed by atoms with E-state index in [1.54, 1.807) is 4.90 Å². The number of benzene rings is 1. The molecule has 0 saturated heterocycles. The first-order chi connectivity index (χ1) is 10.7. The lowest BCUT2D eigenvalue weighted by molar-refractivity contribution is -0.141. The van der Waals surface area contributed by atoms with Gasteiger partial charge in [0.15, 0.2) is 0 Å². The van der Waals surface area contributed by atoms with Crippen LogP contribution in [-0.4, -0.2) is 43.6 Å². The van der Waals surface area contributed by atoms with Gasteiger partial charge in [0.05, 0.1) is 20.1 Å². The second kappa shape index (κ2) is 10.7. The molecule has 1 aromatic rings. The first kappa shape index (κ1) is 18.0. The van der Waals surface area contributed by atoms with Crippen LogP contribution in [0.1, 0.15) is 32.6 Å². The lowest BCUT2D eigenvalue weighted by Gasteiger charge is -2.21. The molecule has 22 heavy (non-hydrogen) atoms. The Bertz CT molecular complexity index is 447. The predicted molar refractivity (Wildman–Crippen MR) is 84.7 cm³/mol. The van der Waals surface area contributed by atoms with Crippen molar-refractivity contribution in [2.45, 2.75) is 32.6 Å². The average Bonchev–Trinajstić information content (AvgIpc) is 2.55. The summed E-state index contributed by atoms with van der Waals surface area (Å²) >= 11 is 0. The van der Waals surface area contributed by atoms with E-state index in [9.17, 15) is 9.59 Å². The van der Waals surface area contributed by atoms with E-state index in [-0.39, 0.29) is 18.3 Å². The Labute approximate surface area is 132 Å². The van der Waals surface area contributed by atoms with Gasteiger partial charge in [0.2, 0.25) is 5.91 Å². The van der Waals surface area contributed by atoms with Gasteiger partial charge in [-0.15, -0.1) is 0 Å². The molecule has 0 fully saturated rings. The minimum absolute atomic E-state index is 0.0578. The number of amides is 1. The number of esters is 1. The van der Waals surface area contributed by atoms with Crippen LogP contribution < -0.4 is 4.74 Å². The molecule has 0 heterocycles. The van der Waals surface area contributed by atoms with Crippen molar-refractivity contribution in [2.75, 3.05) is 26.8 Å². The molecule has 1 amide bonds. The lowest BCUT2D eigenvalue weighted by atomic mass is 10.2. The molecule has 0 saturated carbocycles. The number of hydrogen-bond acceptors (Lipinski definition) is 4. The summed E-state index contributed by atoms with van der Waals surface area (Å²) in [4.78, 5) is 25.1. The summed E-state index contributed by atoms with van der Waals surface area (Å²) < 4.78 is 10.2. The molecule has 1 aromatic carbocycles. The van der Waals surface area contributed by atoms with Gasteiger partial charge < -0.3 is 14.4 Å². The second-order valence-corrected chi connectivity index (χ2v) is 4.97. The van der Waals surface area contributed by atoms with Gasteiger partial charge in [-0.05, 0) is 25.0 Å². The number of para-hydroxylation sites is 1. The molecule has 5 heteroatoms. The molecule has 0 unspecified atom stereocenters. The van der Waals surface area contributed by atoms with Crippen LogP contribution in [0.2, 0.25) is 0 Å². The van der Waals surface area contributed by atoms with Gasteiger partial charge in [-0.25, -0.2) is 0 Å². The van der Waals surface area contributed by atoms with Crippen LogP contribution in [0, 0.1) is 0 Å². The molecule has 0 radical (unpaired) electrons. The highest BCUT2D eigenvalue weighted by atomic mass is 16.5. The first-order valence-corrected chi connectivity index (χ1v) is 7.69. The van der Waals surface area contributed by atoms with Crippen molar-refractivity contribution in [3.8, 4) is 5.75 Å². The van der Waals surface area contributed by atoms with Gasteiger partial charge in [0, 0.05) is 19.5 Å². The summed E-state index contributed by atoms with van der Waals surface area (Å²) in [5.74, 6) is 0.579. The van der Waals surface area contributed by atoms with Crippen LogP contribution in [0.4, 0.5) is 0 Å². The number of carbonyl (C=O) groups excluding carboxylic acids is 2. The summed E-state index contributed by atoms with van der Waals surface area (Å²) in [6, 6.07) is 9.54. The van der Waals surface area contributed by atoms with Gasteiger partial charge in [-0.3, -0.25) is 9.59 Å². The highest BCUT2D eigenvalue weighted by Gasteiger charge is 2.14. The highest BCUT2D eigenvalue weighted by molar-refractivity contribution is 5.77. The third-order valence-corrected chi connectivity index (χ3v) is 3.21. The number of carbonyl (C=O) groups is 2. The fourth-order valence-electron chi connectivity index (χ4n) is 2.05. The van der Waals surface area contributed by atoms with E-state index in [0.29, 0.717) is 32.5 Å². The van der Waals surface area contributed by atoms with E-state index in [1.165, 1.54) is 7.11 Å². The summed E-state index contributed by atoms with van der Waals surface area (Å²) in [7, 11) is 1.36. The quantitative estimate of drug-likeness (QED) is 0.492. The Kier molecular flexibility index (Phi) is 8.72. The number of ether oxygens (including phenoxy) is 2. The summed E-state index contributed by atoms with van der Waals surface area (Å²) in [5.41, 5.74) is 0. The number of methoxy groups -OCH3 is 1. The van der Waals surface area contributed by atoms with Crippen molar-refractivity contribution in [2.24, 2.45) is 0 Å². The predicted octanol–water partition coefficient (Wildman–Crippen LogP) is 2.65. The van der Waals surface area contributed by atoms with E-state index in [1.807, 2.05) is 37.3 Å². The third kappa shape index (κ3) is 7.11. The average molecular weight is 307 g/mol. The van der Waals surface area contributed by atoms with Crippen molar-refractivity contribution < 1.29 is 19.1 Å². The Balaban J connectivity index is 2.28. The van der Waals surface area contributed by atoms with E-state index in [0.717, 1.165) is 12.2 Å². The summed E-state index contributed by atoms with van der Waals surface area (Å²) in [6.07, 6.45) is 2.19. The van der Waals surface area contributed by atoms with Crippen molar-refractivity contribution in [3.05, 3.63) is 30.3 Å². The maximum absolute atomic E-state index is 12.2. The molecule has 0 atom stereocenters. The fraction of sp³-hybridized carbons (Fsp3) is 0.529. The van der Waals surface area contributed by atoms with Gasteiger partial charge in [0.25, 0.3) is 0 Å². The van der Waals surface area contributed by atoms with Crippen LogP contribution in [0.25, 0.3) is 0 Å². The molecule has 1 rings (SSSR count). The minimum Gasteiger partial charge on any atom is -0.494 e. The van der Waals surface area contributed by atoms with E-state index < -0.39 is 0 Å². The number of rotatable bonds is 10. The Hall–Kier alpha value is -2.04. The van der Waals surface area contributed by atoms with Crippen molar-refractivity contribution in [3.63, 3.8) is 0 Å². The molecule has 5 nitrogen and oxygen atoms in total. The zero-order valence-electron chi connectivity index (χ0n) is 13.4. The Morgan fingerprint density at radius 3 is 2.45 bits per heavy atom. The zero-order chi connectivity index (χ0) is 16.2. The monoisotopic (exact) mass is 307 g/mol. The van der Waals surface area contributed by atoms with Crippen molar-refractivity contribution in [1.82, 2.24) is 4.90 Å². The number of nitrogens with zero attached hydrogens (tertiary/aromatic N) is 1. The zero-order valence-corrected chi connectivity index (χ0v) is 13.4. The highest BCUT2D eigenvalue weighted by Crippen LogP contribution is 2.09. The molecular formula is C17H25NO4. The van der Waals surface area contributed by atoms with Gasteiger partial charge >= 0.3 is 5.97 Å². The number of hydrogen-bond donors (Lipinski definition) is 0. The second-order valence-electron chi connectivity index (χ2n) is 4.97. The first-order valence-electron chi connectivity index (χ1n) is 7.69. The minimum atomic E-state index is -0.290. The van der Waals surface area contributed by atoms with Gasteiger partial charge in [0.1, 0.15) is 5.75 Å². The maximum Gasteiger partial charge on any atom is 0.307 e.